The molecule has 0 bridgehead atoms. The van der Waals surface area contributed by atoms with E-state index in [2.05, 4.69) is 35.9 Å². The van der Waals surface area contributed by atoms with E-state index in [9.17, 15) is 4.79 Å². The molecule has 0 aliphatic heterocycles. The standard InChI is InChI=1S/C19H25N7O3S/c1-19(2,3)29-18(27)22-9-8-21-16-23-12(11-28-4)10-14(25-16)26-17-24-13-6-5-7-20-15(13)30-17/h5-7,10H,8-9,11H2,1-4H3,(H,22,27)(H2,21,23,24,25,26). The molecule has 10 nitrogen and oxygen atoms in total. The molecule has 0 spiro atoms. The molecule has 0 saturated heterocycles. The molecule has 30 heavy (non-hydrogen) atoms. The highest BCUT2D eigenvalue weighted by atomic mass is 32.1. The minimum Gasteiger partial charge on any atom is -0.444 e. The molecule has 0 aromatic carbocycles. The topological polar surface area (TPSA) is 123 Å². The highest BCUT2D eigenvalue weighted by Crippen LogP contribution is 2.26. The van der Waals surface area contributed by atoms with E-state index in [1.807, 2.05) is 32.9 Å². The van der Waals surface area contributed by atoms with Crippen LogP contribution in [0.5, 0.6) is 0 Å². The van der Waals surface area contributed by atoms with Crippen molar-refractivity contribution in [2.45, 2.75) is 33.0 Å². The lowest BCUT2D eigenvalue weighted by atomic mass is 10.2. The predicted octanol–water partition coefficient (Wildman–Crippen LogP) is 3.31. The number of hydrogen-bond donors (Lipinski definition) is 3. The predicted molar refractivity (Wildman–Crippen MR) is 116 cm³/mol. The summed E-state index contributed by atoms with van der Waals surface area (Å²) in [5.74, 6) is 0.996. The number of pyridine rings is 1. The molecule has 160 valence electrons. The number of amides is 1. The highest BCUT2D eigenvalue weighted by molar-refractivity contribution is 7.21. The fourth-order valence-corrected chi connectivity index (χ4v) is 3.26. The van der Waals surface area contributed by atoms with Crippen LogP contribution in [0, 0.1) is 0 Å². The van der Waals surface area contributed by atoms with Gasteiger partial charge >= 0.3 is 6.09 Å². The Hall–Kier alpha value is -3.05. The molecule has 0 aliphatic rings. The van der Waals surface area contributed by atoms with Crippen molar-refractivity contribution in [2.75, 3.05) is 30.8 Å². The third-order valence-electron chi connectivity index (χ3n) is 3.55. The second-order valence-electron chi connectivity index (χ2n) is 7.33. The minimum absolute atomic E-state index is 0.337. The molecule has 0 saturated carbocycles. The number of hydrogen-bond acceptors (Lipinski definition) is 10. The maximum Gasteiger partial charge on any atom is 0.407 e. The zero-order valence-electron chi connectivity index (χ0n) is 17.4. The molecule has 0 atom stereocenters. The van der Waals surface area contributed by atoms with E-state index < -0.39 is 11.7 Å². The maximum atomic E-state index is 11.7. The maximum absolute atomic E-state index is 11.7. The Morgan fingerprint density at radius 2 is 2.03 bits per heavy atom. The summed E-state index contributed by atoms with van der Waals surface area (Å²) < 4.78 is 10.4. The number of rotatable bonds is 8. The largest absolute Gasteiger partial charge is 0.444 e. The van der Waals surface area contributed by atoms with Crippen molar-refractivity contribution >= 4 is 44.7 Å². The van der Waals surface area contributed by atoms with E-state index in [1.54, 1.807) is 19.4 Å². The van der Waals surface area contributed by atoms with Crippen LogP contribution in [0.3, 0.4) is 0 Å². The molecule has 0 radical (unpaired) electrons. The lowest BCUT2D eigenvalue weighted by Crippen LogP contribution is -2.35. The zero-order chi connectivity index (χ0) is 21.6. The summed E-state index contributed by atoms with van der Waals surface area (Å²) in [5.41, 5.74) is 0.991. The summed E-state index contributed by atoms with van der Waals surface area (Å²) in [6.07, 6.45) is 1.27. The van der Waals surface area contributed by atoms with Gasteiger partial charge in [0.1, 0.15) is 21.8 Å². The molecule has 3 aromatic heterocycles. The average molecular weight is 432 g/mol. The van der Waals surface area contributed by atoms with Crippen LogP contribution in [0.25, 0.3) is 10.3 Å². The van der Waals surface area contributed by atoms with Gasteiger partial charge in [0.05, 0.1) is 12.3 Å². The molecule has 1 amide bonds. The first kappa shape index (κ1) is 21.7. The second kappa shape index (κ2) is 9.63. The van der Waals surface area contributed by atoms with Crippen LogP contribution in [0.1, 0.15) is 26.5 Å². The lowest BCUT2D eigenvalue weighted by Gasteiger charge is -2.19. The van der Waals surface area contributed by atoms with Gasteiger partial charge in [-0.05, 0) is 32.9 Å². The van der Waals surface area contributed by atoms with Gasteiger partial charge in [-0.2, -0.15) is 4.98 Å². The smallest absolute Gasteiger partial charge is 0.407 e. The van der Waals surface area contributed by atoms with Gasteiger partial charge in [-0.25, -0.2) is 19.7 Å². The van der Waals surface area contributed by atoms with Gasteiger partial charge in [0.25, 0.3) is 0 Å². The number of thiazole rings is 1. The number of carbonyl (C=O) groups is 1. The summed E-state index contributed by atoms with van der Waals surface area (Å²) in [7, 11) is 1.60. The van der Waals surface area contributed by atoms with Crippen LogP contribution in [-0.2, 0) is 16.1 Å². The fourth-order valence-electron chi connectivity index (χ4n) is 2.45. The van der Waals surface area contributed by atoms with Gasteiger partial charge in [0.2, 0.25) is 5.95 Å². The number of fused-ring (bicyclic) bond motifs is 1. The third kappa shape index (κ3) is 6.49. The van der Waals surface area contributed by atoms with E-state index in [4.69, 9.17) is 9.47 Å². The number of nitrogens with zero attached hydrogens (tertiary/aromatic N) is 4. The van der Waals surface area contributed by atoms with Gasteiger partial charge in [-0.3, -0.25) is 0 Å². The Balaban J connectivity index is 1.63. The number of nitrogens with one attached hydrogen (secondary N) is 3. The molecule has 3 N–H and O–H groups in total. The van der Waals surface area contributed by atoms with Gasteiger partial charge in [-0.1, -0.05) is 11.3 Å². The van der Waals surface area contributed by atoms with Gasteiger partial charge < -0.3 is 25.4 Å². The molecule has 0 fully saturated rings. The van der Waals surface area contributed by atoms with Crippen LogP contribution in [0.4, 0.5) is 21.7 Å². The molecule has 3 aromatic rings. The summed E-state index contributed by atoms with van der Waals surface area (Å²) >= 11 is 1.44. The first-order chi connectivity index (χ1) is 14.3. The quantitative estimate of drug-likeness (QED) is 0.461. The SMILES string of the molecule is COCc1cc(Nc2nc3cccnc3s2)nc(NCCNC(=O)OC(C)(C)C)n1. The van der Waals surface area contributed by atoms with Crippen molar-refractivity contribution in [1.82, 2.24) is 25.3 Å². The van der Waals surface area contributed by atoms with E-state index in [0.29, 0.717) is 42.3 Å². The summed E-state index contributed by atoms with van der Waals surface area (Å²) in [6, 6.07) is 5.55. The Labute approximate surface area is 178 Å². The van der Waals surface area contributed by atoms with E-state index in [1.165, 1.54) is 11.3 Å². The van der Waals surface area contributed by atoms with Crippen molar-refractivity contribution in [1.29, 1.82) is 0 Å². The van der Waals surface area contributed by atoms with Crippen LogP contribution in [-0.4, -0.2) is 51.8 Å². The van der Waals surface area contributed by atoms with Crippen molar-refractivity contribution in [3.05, 3.63) is 30.1 Å². The number of anilines is 3. The van der Waals surface area contributed by atoms with E-state index in [0.717, 1.165) is 10.3 Å². The first-order valence-corrected chi connectivity index (χ1v) is 10.2. The van der Waals surface area contributed by atoms with Crippen molar-refractivity contribution in [3.8, 4) is 0 Å². The highest BCUT2D eigenvalue weighted by Gasteiger charge is 2.15. The van der Waals surface area contributed by atoms with E-state index >= 15 is 0 Å². The molecule has 3 rings (SSSR count). The fraction of sp³-hybridized carbons (Fsp3) is 0.421. The van der Waals surface area contributed by atoms with Gasteiger partial charge in [-0.15, -0.1) is 0 Å². The molecule has 0 aliphatic carbocycles. The summed E-state index contributed by atoms with van der Waals surface area (Å²) in [5, 5.41) is 9.66. The molecule has 3 heterocycles. The van der Waals surface area contributed by atoms with Crippen molar-refractivity contribution in [3.63, 3.8) is 0 Å². The third-order valence-corrected chi connectivity index (χ3v) is 4.44. The molecular formula is C19H25N7O3S. The Bertz CT molecular complexity index is 970. The minimum atomic E-state index is -0.536. The average Bonchev–Trinajstić information content (AvgIpc) is 3.06. The Morgan fingerprint density at radius 1 is 1.20 bits per heavy atom. The summed E-state index contributed by atoms with van der Waals surface area (Å²) in [6.45, 7) is 6.57. The van der Waals surface area contributed by atoms with Crippen LogP contribution in [0.2, 0.25) is 0 Å². The second-order valence-corrected chi connectivity index (χ2v) is 8.31. The molecule has 0 unspecified atom stereocenters. The molecule has 11 heteroatoms. The number of carbonyl (C=O) groups excluding carboxylic acids is 1. The van der Waals surface area contributed by atoms with Crippen LogP contribution >= 0.6 is 11.3 Å². The lowest BCUT2D eigenvalue weighted by molar-refractivity contribution is 0.0530. The summed E-state index contributed by atoms with van der Waals surface area (Å²) in [4.78, 5) is 30.3. The number of ether oxygens (including phenoxy) is 2. The van der Waals surface area contributed by atoms with Gasteiger partial charge in [0.15, 0.2) is 5.13 Å². The van der Waals surface area contributed by atoms with Gasteiger partial charge in [0, 0.05) is 32.5 Å². The monoisotopic (exact) mass is 431 g/mol. The first-order valence-electron chi connectivity index (χ1n) is 9.38. The number of methoxy groups -OCH3 is 1. The van der Waals surface area contributed by atoms with Crippen LogP contribution in [0.15, 0.2) is 24.4 Å². The van der Waals surface area contributed by atoms with E-state index in [-0.39, 0.29) is 0 Å². The number of alkyl carbamates (subject to hydrolysis) is 1. The zero-order valence-corrected chi connectivity index (χ0v) is 18.2. The molecular weight excluding hydrogens is 406 g/mol. The Morgan fingerprint density at radius 3 is 2.77 bits per heavy atom. The number of aromatic nitrogens is 4. The van der Waals surface area contributed by atoms with Crippen molar-refractivity contribution < 1.29 is 14.3 Å². The van der Waals surface area contributed by atoms with Crippen LogP contribution < -0.4 is 16.0 Å². The normalized spacial score (nSPS) is 11.3. The van der Waals surface area contributed by atoms with Crippen molar-refractivity contribution in [2.24, 2.45) is 0 Å². The Kier molecular flexibility index (Phi) is 6.95.